The van der Waals surface area contributed by atoms with Crippen LogP contribution in [0.4, 0.5) is 0 Å². The fourth-order valence-electron chi connectivity index (χ4n) is 1.60. The van der Waals surface area contributed by atoms with Crippen molar-refractivity contribution in [3.05, 3.63) is 65.6 Å². The first-order valence-electron chi connectivity index (χ1n) is 5.28. The zero-order valence-electron chi connectivity index (χ0n) is 9.58. The predicted octanol–water partition coefficient (Wildman–Crippen LogP) is 4.12. The second-order valence-corrected chi connectivity index (χ2v) is 6.00. The Labute approximate surface area is 129 Å². The second-order valence-electron chi connectivity index (χ2n) is 4.02. The third-order valence-corrected chi connectivity index (χ3v) is 4.47. The van der Waals surface area contributed by atoms with Crippen LogP contribution in [0, 0.1) is 10.5 Å². The normalized spacial score (nSPS) is 10.7. The molecule has 1 heterocycles. The molecule has 0 unspecified atom stereocenters. The molecule has 5 heteroatoms. The first-order valence-corrected chi connectivity index (χ1v) is 7.11. The summed E-state index contributed by atoms with van der Waals surface area (Å²) >= 11 is 14.0. The van der Waals surface area contributed by atoms with E-state index >= 15 is 0 Å². The van der Waals surface area contributed by atoms with E-state index in [1.165, 1.54) is 0 Å². The standard InChI is InChI=1S/C13H10Cl2INO/c1-8-4-13(18)17(7-12(8)16)6-9-2-3-10(14)11(15)5-9/h2-5,7H,6H2,1H3. The number of hydrogen-bond donors (Lipinski definition) is 0. The van der Waals surface area contributed by atoms with Crippen molar-refractivity contribution < 1.29 is 0 Å². The van der Waals surface area contributed by atoms with E-state index in [0.717, 1.165) is 14.7 Å². The first-order chi connectivity index (χ1) is 8.47. The van der Waals surface area contributed by atoms with Gasteiger partial charge in [0.1, 0.15) is 0 Å². The number of aryl methyl sites for hydroxylation is 1. The van der Waals surface area contributed by atoms with Crippen LogP contribution >= 0.6 is 45.8 Å². The summed E-state index contributed by atoms with van der Waals surface area (Å²) in [5, 5.41) is 1.02. The Balaban J connectivity index is 2.37. The summed E-state index contributed by atoms with van der Waals surface area (Å²) < 4.78 is 2.72. The maximum atomic E-state index is 11.8. The maximum Gasteiger partial charge on any atom is 0.251 e. The monoisotopic (exact) mass is 393 g/mol. The fourth-order valence-corrected chi connectivity index (χ4v) is 2.41. The van der Waals surface area contributed by atoms with Crippen LogP contribution in [0.3, 0.4) is 0 Å². The van der Waals surface area contributed by atoms with Crippen LogP contribution in [0.15, 0.2) is 35.3 Å². The second kappa shape index (κ2) is 5.63. The van der Waals surface area contributed by atoms with Gasteiger partial charge in [-0.15, -0.1) is 0 Å². The van der Waals surface area contributed by atoms with Crippen molar-refractivity contribution in [2.24, 2.45) is 0 Å². The molecule has 2 nitrogen and oxygen atoms in total. The average molecular weight is 394 g/mol. The van der Waals surface area contributed by atoms with Crippen molar-refractivity contribution >= 4 is 45.8 Å². The zero-order chi connectivity index (χ0) is 13.3. The summed E-state index contributed by atoms with van der Waals surface area (Å²) in [6.45, 7) is 2.42. The molecule has 0 atom stereocenters. The SMILES string of the molecule is Cc1cc(=O)n(Cc2ccc(Cl)c(Cl)c2)cc1I. The van der Waals surface area contributed by atoms with Crippen molar-refractivity contribution in [2.75, 3.05) is 0 Å². The van der Waals surface area contributed by atoms with Crippen molar-refractivity contribution in [2.45, 2.75) is 13.5 Å². The highest BCUT2D eigenvalue weighted by atomic mass is 127. The molecule has 0 aliphatic carbocycles. The van der Waals surface area contributed by atoms with E-state index in [4.69, 9.17) is 23.2 Å². The largest absolute Gasteiger partial charge is 0.310 e. The van der Waals surface area contributed by atoms with Crippen molar-refractivity contribution in [1.82, 2.24) is 4.57 Å². The van der Waals surface area contributed by atoms with Gasteiger partial charge in [-0.05, 0) is 52.8 Å². The van der Waals surface area contributed by atoms with Gasteiger partial charge < -0.3 is 4.57 Å². The third-order valence-electron chi connectivity index (χ3n) is 2.61. The molecule has 0 aliphatic rings. The van der Waals surface area contributed by atoms with Gasteiger partial charge in [0, 0.05) is 15.8 Å². The van der Waals surface area contributed by atoms with Crippen LogP contribution in [-0.2, 0) is 6.54 Å². The highest BCUT2D eigenvalue weighted by molar-refractivity contribution is 14.1. The van der Waals surface area contributed by atoms with Crippen LogP contribution in [0.2, 0.25) is 10.0 Å². The highest BCUT2D eigenvalue weighted by Crippen LogP contribution is 2.22. The molecule has 2 rings (SSSR count). The molecule has 1 aromatic carbocycles. The minimum Gasteiger partial charge on any atom is -0.310 e. The summed E-state index contributed by atoms with van der Waals surface area (Å²) in [5.41, 5.74) is 1.93. The van der Waals surface area contributed by atoms with E-state index in [1.807, 2.05) is 19.2 Å². The predicted molar refractivity (Wildman–Crippen MR) is 83.7 cm³/mol. The highest BCUT2D eigenvalue weighted by Gasteiger charge is 2.04. The fraction of sp³-hybridized carbons (Fsp3) is 0.154. The Morgan fingerprint density at radius 1 is 1.22 bits per heavy atom. The topological polar surface area (TPSA) is 22.0 Å². The van der Waals surface area contributed by atoms with Gasteiger partial charge in [-0.3, -0.25) is 4.79 Å². The lowest BCUT2D eigenvalue weighted by atomic mass is 10.2. The van der Waals surface area contributed by atoms with Gasteiger partial charge in [0.2, 0.25) is 0 Å². The molecular formula is C13H10Cl2INO. The molecular weight excluding hydrogens is 384 g/mol. The van der Waals surface area contributed by atoms with Gasteiger partial charge in [0.05, 0.1) is 16.6 Å². The quantitative estimate of drug-likeness (QED) is 0.703. The first kappa shape index (κ1) is 13.9. The summed E-state index contributed by atoms with van der Waals surface area (Å²) in [7, 11) is 0. The van der Waals surface area contributed by atoms with Crippen LogP contribution in [0.5, 0.6) is 0 Å². The van der Waals surface area contributed by atoms with Crippen molar-refractivity contribution in [1.29, 1.82) is 0 Å². The van der Waals surface area contributed by atoms with Crippen molar-refractivity contribution in [3.8, 4) is 0 Å². The molecule has 0 radical (unpaired) electrons. The minimum absolute atomic E-state index is 0.0148. The maximum absolute atomic E-state index is 11.8. The van der Waals surface area contributed by atoms with Crippen LogP contribution < -0.4 is 5.56 Å². The minimum atomic E-state index is -0.0148. The van der Waals surface area contributed by atoms with Gasteiger partial charge in [-0.2, -0.15) is 0 Å². The average Bonchev–Trinajstić information content (AvgIpc) is 2.31. The molecule has 0 saturated heterocycles. The number of halogens is 3. The Hall–Kier alpha value is -0.520. The Kier molecular flexibility index (Phi) is 4.35. The van der Waals surface area contributed by atoms with E-state index in [1.54, 1.807) is 22.8 Å². The van der Waals surface area contributed by atoms with E-state index in [2.05, 4.69) is 22.6 Å². The lowest BCUT2D eigenvalue weighted by molar-refractivity contribution is 0.753. The van der Waals surface area contributed by atoms with Gasteiger partial charge in [-0.25, -0.2) is 0 Å². The molecule has 0 saturated carbocycles. The van der Waals surface area contributed by atoms with Crippen molar-refractivity contribution in [3.63, 3.8) is 0 Å². The Morgan fingerprint density at radius 3 is 2.61 bits per heavy atom. The van der Waals surface area contributed by atoms with Crippen LogP contribution in [0.1, 0.15) is 11.1 Å². The van der Waals surface area contributed by atoms with Crippen LogP contribution in [-0.4, -0.2) is 4.57 Å². The molecule has 0 amide bonds. The summed E-state index contributed by atoms with van der Waals surface area (Å²) in [5.74, 6) is 0. The van der Waals surface area contributed by atoms with Gasteiger partial charge >= 0.3 is 0 Å². The Morgan fingerprint density at radius 2 is 1.94 bits per heavy atom. The van der Waals surface area contributed by atoms with E-state index in [0.29, 0.717) is 16.6 Å². The van der Waals surface area contributed by atoms with E-state index in [9.17, 15) is 4.79 Å². The van der Waals surface area contributed by atoms with Gasteiger partial charge in [0.15, 0.2) is 0 Å². The summed E-state index contributed by atoms with van der Waals surface area (Å²) in [6.07, 6.45) is 1.85. The summed E-state index contributed by atoms with van der Waals surface area (Å²) in [4.78, 5) is 11.8. The molecule has 0 N–H and O–H groups in total. The number of nitrogens with zero attached hydrogens (tertiary/aromatic N) is 1. The zero-order valence-corrected chi connectivity index (χ0v) is 13.3. The number of hydrogen-bond acceptors (Lipinski definition) is 1. The number of pyridine rings is 1. The summed E-state index contributed by atoms with van der Waals surface area (Å²) in [6, 6.07) is 7.03. The molecule has 0 bridgehead atoms. The Bertz CT molecular complexity index is 652. The molecule has 0 aliphatic heterocycles. The van der Waals surface area contributed by atoms with Gasteiger partial charge in [-0.1, -0.05) is 29.3 Å². The molecule has 2 aromatic rings. The third kappa shape index (κ3) is 3.08. The number of benzene rings is 1. The van der Waals surface area contributed by atoms with Crippen LogP contribution in [0.25, 0.3) is 0 Å². The lowest BCUT2D eigenvalue weighted by Gasteiger charge is -2.08. The number of aromatic nitrogens is 1. The smallest absolute Gasteiger partial charge is 0.251 e. The van der Waals surface area contributed by atoms with Gasteiger partial charge in [0.25, 0.3) is 5.56 Å². The molecule has 0 fully saturated rings. The molecule has 18 heavy (non-hydrogen) atoms. The van der Waals surface area contributed by atoms with E-state index in [-0.39, 0.29) is 5.56 Å². The lowest BCUT2D eigenvalue weighted by Crippen LogP contribution is -2.20. The number of rotatable bonds is 2. The van der Waals surface area contributed by atoms with E-state index < -0.39 is 0 Å². The molecule has 94 valence electrons. The molecule has 1 aromatic heterocycles. The molecule has 0 spiro atoms.